The van der Waals surface area contributed by atoms with E-state index in [1.165, 1.54) is 10.4 Å². The molecule has 7 heteroatoms. The van der Waals surface area contributed by atoms with Gasteiger partial charge in [0.05, 0.1) is 6.54 Å². The maximum absolute atomic E-state index is 12.4. The third-order valence-corrected chi connectivity index (χ3v) is 5.86. The summed E-state index contributed by atoms with van der Waals surface area (Å²) in [5.74, 6) is 0.460. The van der Waals surface area contributed by atoms with Gasteiger partial charge in [-0.25, -0.2) is 8.42 Å². The summed E-state index contributed by atoms with van der Waals surface area (Å²) in [6, 6.07) is 1.54. The monoisotopic (exact) mass is 322 g/mol. The van der Waals surface area contributed by atoms with E-state index < -0.39 is 10.0 Å². The second-order valence-electron chi connectivity index (χ2n) is 4.16. The van der Waals surface area contributed by atoms with Crippen LogP contribution in [0.25, 0.3) is 0 Å². The quantitative estimate of drug-likeness (QED) is 0.918. The standard InChI is InChI=1S/C10H15BrN2O3S/c1-7-3-2-4-13(7)17(14,15)9-5-8(6-12)16-10(9)11/h5,7H,2-4,6,12H2,1H3. The molecule has 1 aliphatic heterocycles. The van der Waals surface area contributed by atoms with E-state index in [9.17, 15) is 8.42 Å². The van der Waals surface area contributed by atoms with Crippen molar-refractivity contribution in [3.63, 3.8) is 0 Å². The van der Waals surface area contributed by atoms with Crippen molar-refractivity contribution in [3.8, 4) is 0 Å². The molecule has 1 aliphatic rings. The minimum absolute atomic E-state index is 0.0446. The molecule has 0 saturated carbocycles. The molecule has 1 aromatic rings. The summed E-state index contributed by atoms with van der Waals surface area (Å²) in [7, 11) is -3.47. The second kappa shape index (κ2) is 4.72. The van der Waals surface area contributed by atoms with E-state index >= 15 is 0 Å². The SMILES string of the molecule is CC1CCCN1S(=O)(=O)c1cc(CN)oc1Br. The Hall–Kier alpha value is -0.370. The van der Waals surface area contributed by atoms with Crippen LogP contribution in [-0.2, 0) is 16.6 Å². The van der Waals surface area contributed by atoms with Gasteiger partial charge in [-0.05, 0) is 35.7 Å². The van der Waals surface area contributed by atoms with E-state index in [2.05, 4.69) is 15.9 Å². The first-order valence-corrected chi connectivity index (χ1v) is 7.70. The summed E-state index contributed by atoms with van der Waals surface area (Å²) in [6.07, 6.45) is 1.80. The fourth-order valence-electron chi connectivity index (χ4n) is 2.06. The normalized spacial score (nSPS) is 22.2. The zero-order chi connectivity index (χ0) is 12.6. The molecule has 0 aliphatic carbocycles. The van der Waals surface area contributed by atoms with Crippen molar-refractivity contribution >= 4 is 26.0 Å². The zero-order valence-corrected chi connectivity index (χ0v) is 11.9. The maximum Gasteiger partial charge on any atom is 0.247 e. The van der Waals surface area contributed by atoms with Crippen LogP contribution in [0.3, 0.4) is 0 Å². The van der Waals surface area contributed by atoms with Crippen LogP contribution in [0.5, 0.6) is 0 Å². The molecule has 1 atom stereocenters. The molecule has 17 heavy (non-hydrogen) atoms. The van der Waals surface area contributed by atoms with Crippen LogP contribution < -0.4 is 5.73 Å². The fourth-order valence-corrected chi connectivity index (χ4v) is 4.73. The van der Waals surface area contributed by atoms with E-state index in [1.807, 2.05) is 6.92 Å². The summed E-state index contributed by atoms with van der Waals surface area (Å²) in [4.78, 5) is 0.173. The molecule has 2 rings (SSSR count). The number of nitrogens with two attached hydrogens (primary N) is 1. The van der Waals surface area contributed by atoms with E-state index in [0.717, 1.165) is 12.8 Å². The molecule has 0 spiro atoms. The number of nitrogens with zero attached hydrogens (tertiary/aromatic N) is 1. The van der Waals surface area contributed by atoms with Gasteiger partial charge in [0.15, 0.2) is 4.67 Å². The highest BCUT2D eigenvalue weighted by atomic mass is 79.9. The van der Waals surface area contributed by atoms with Crippen LogP contribution in [-0.4, -0.2) is 25.3 Å². The number of hydrogen-bond acceptors (Lipinski definition) is 4. The molecule has 0 bridgehead atoms. The lowest BCUT2D eigenvalue weighted by atomic mass is 10.3. The van der Waals surface area contributed by atoms with Crippen LogP contribution in [0.1, 0.15) is 25.5 Å². The molecule has 1 saturated heterocycles. The van der Waals surface area contributed by atoms with E-state index in [1.54, 1.807) is 0 Å². The molecule has 1 unspecified atom stereocenters. The summed E-state index contributed by atoms with van der Waals surface area (Å²) in [6.45, 7) is 2.67. The average molecular weight is 323 g/mol. The highest BCUT2D eigenvalue weighted by molar-refractivity contribution is 9.10. The lowest BCUT2D eigenvalue weighted by Gasteiger charge is -2.19. The van der Waals surface area contributed by atoms with Gasteiger partial charge in [-0.2, -0.15) is 4.31 Å². The lowest BCUT2D eigenvalue weighted by molar-refractivity contribution is 0.406. The molecule has 1 aromatic heterocycles. The Balaban J connectivity index is 2.40. The molecule has 2 N–H and O–H groups in total. The molecule has 0 radical (unpaired) electrons. The van der Waals surface area contributed by atoms with Crippen molar-refractivity contribution < 1.29 is 12.8 Å². The number of sulfonamides is 1. The van der Waals surface area contributed by atoms with Crippen molar-refractivity contribution in [3.05, 3.63) is 16.5 Å². The van der Waals surface area contributed by atoms with Gasteiger partial charge in [0.2, 0.25) is 10.0 Å². The van der Waals surface area contributed by atoms with E-state index in [-0.39, 0.29) is 22.2 Å². The highest BCUT2D eigenvalue weighted by Gasteiger charge is 2.35. The number of rotatable bonds is 3. The zero-order valence-electron chi connectivity index (χ0n) is 9.52. The highest BCUT2D eigenvalue weighted by Crippen LogP contribution is 2.32. The first-order valence-electron chi connectivity index (χ1n) is 5.47. The minimum atomic E-state index is -3.47. The van der Waals surface area contributed by atoms with Crippen LogP contribution in [0, 0.1) is 0 Å². The maximum atomic E-state index is 12.4. The third-order valence-electron chi connectivity index (χ3n) is 2.99. The van der Waals surface area contributed by atoms with Gasteiger partial charge in [-0.15, -0.1) is 0 Å². The van der Waals surface area contributed by atoms with E-state index in [4.69, 9.17) is 10.2 Å². The molecular formula is C10H15BrN2O3S. The molecular weight excluding hydrogens is 308 g/mol. The molecule has 0 amide bonds. The minimum Gasteiger partial charge on any atom is -0.452 e. The smallest absolute Gasteiger partial charge is 0.247 e. The van der Waals surface area contributed by atoms with Gasteiger partial charge in [0, 0.05) is 18.7 Å². The van der Waals surface area contributed by atoms with Crippen molar-refractivity contribution in [2.75, 3.05) is 6.54 Å². The molecule has 96 valence electrons. The molecule has 1 fully saturated rings. The third kappa shape index (κ3) is 2.29. The number of furan rings is 1. The van der Waals surface area contributed by atoms with Gasteiger partial charge in [0.1, 0.15) is 10.7 Å². The van der Waals surface area contributed by atoms with Gasteiger partial charge < -0.3 is 10.2 Å². The largest absolute Gasteiger partial charge is 0.452 e. The van der Waals surface area contributed by atoms with Crippen molar-refractivity contribution in [2.24, 2.45) is 5.73 Å². The first-order chi connectivity index (χ1) is 7.96. The number of hydrogen-bond donors (Lipinski definition) is 1. The van der Waals surface area contributed by atoms with Crippen LogP contribution in [0.2, 0.25) is 0 Å². The molecule has 5 nitrogen and oxygen atoms in total. The van der Waals surface area contributed by atoms with Gasteiger partial charge in [-0.3, -0.25) is 0 Å². The first kappa shape index (κ1) is 13.1. The molecule has 2 heterocycles. The van der Waals surface area contributed by atoms with Gasteiger partial charge in [0.25, 0.3) is 0 Å². The Labute approximate surface area is 109 Å². The van der Waals surface area contributed by atoms with Crippen molar-refractivity contribution in [1.82, 2.24) is 4.31 Å². The Morgan fingerprint density at radius 2 is 2.35 bits per heavy atom. The summed E-state index contributed by atoms with van der Waals surface area (Å²) in [5, 5.41) is 0. The second-order valence-corrected chi connectivity index (χ2v) is 6.74. The van der Waals surface area contributed by atoms with Gasteiger partial charge >= 0.3 is 0 Å². The Morgan fingerprint density at radius 3 is 2.82 bits per heavy atom. The number of halogens is 1. The summed E-state index contributed by atoms with van der Waals surface area (Å²) in [5.41, 5.74) is 5.43. The average Bonchev–Trinajstić information content (AvgIpc) is 2.84. The van der Waals surface area contributed by atoms with Crippen LogP contribution >= 0.6 is 15.9 Å². The Morgan fingerprint density at radius 1 is 1.65 bits per heavy atom. The van der Waals surface area contributed by atoms with E-state index in [0.29, 0.717) is 12.3 Å². The topological polar surface area (TPSA) is 76.5 Å². The summed E-state index contributed by atoms with van der Waals surface area (Å²) < 4.78 is 31.8. The van der Waals surface area contributed by atoms with Crippen molar-refractivity contribution in [1.29, 1.82) is 0 Å². The van der Waals surface area contributed by atoms with Gasteiger partial charge in [-0.1, -0.05) is 0 Å². The fraction of sp³-hybridized carbons (Fsp3) is 0.600. The Kier molecular flexibility index (Phi) is 3.63. The molecule has 0 aromatic carbocycles. The lowest BCUT2D eigenvalue weighted by Crippen LogP contribution is -2.33. The summed E-state index contributed by atoms with van der Waals surface area (Å²) >= 11 is 3.13. The van der Waals surface area contributed by atoms with Crippen LogP contribution in [0.15, 0.2) is 20.0 Å². The Bertz CT molecular complexity index is 512. The van der Waals surface area contributed by atoms with Crippen LogP contribution in [0.4, 0.5) is 0 Å². The van der Waals surface area contributed by atoms with Crippen molar-refractivity contribution in [2.45, 2.75) is 37.2 Å². The predicted molar refractivity (Wildman–Crippen MR) is 66.9 cm³/mol. The predicted octanol–water partition coefficient (Wildman–Crippen LogP) is 1.67.